The van der Waals surface area contributed by atoms with E-state index in [-0.39, 0.29) is 29.1 Å². The van der Waals surface area contributed by atoms with Crippen molar-refractivity contribution in [3.8, 4) is 0 Å². The van der Waals surface area contributed by atoms with Crippen LogP contribution in [0.15, 0.2) is 18.2 Å². The van der Waals surface area contributed by atoms with E-state index in [1.54, 1.807) is 0 Å². The van der Waals surface area contributed by atoms with Gasteiger partial charge in [-0.3, -0.25) is 4.79 Å². The van der Waals surface area contributed by atoms with Crippen molar-refractivity contribution < 1.29 is 13.6 Å². The number of Topliss-reactive ketones (excluding diaryl/α,β-unsaturated/α-hetero) is 1. The van der Waals surface area contributed by atoms with Gasteiger partial charge in [0.2, 0.25) is 0 Å². The van der Waals surface area contributed by atoms with Gasteiger partial charge < -0.3 is 0 Å². The number of ketones is 1. The normalized spacial score (nSPS) is 13.4. The molecule has 1 rings (SSSR count). The van der Waals surface area contributed by atoms with Crippen LogP contribution < -0.4 is 0 Å². The molecule has 1 unspecified atom stereocenters. The van der Waals surface area contributed by atoms with E-state index in [9.17, 15) is 13.6 Å². The van der Waals surface area contributed by atoms with E-state index < -0.39 is 11.6 Å². The average molecular weight is 254 g/mol. The number of carbonyl (C=O) groups is 1. The zero-order valence-electron chi connectivity index (χ0n) is 11.4. The minimum atomic E-state index is -0.647. The van der Waals surface area contributed by atoms with Crippen LogP contribution in [-0.4, -0.2) is 5.78 Å². The number of hydrogen-bond donors (Lipinski definition) is 0. The van der Waals surface area contributed by atoms with Crippen molar-refractivity contribution in [1.82, 2.24) is 0 Å². The van der Waals surface area contributed by atoms with E-state index in [1.807, 2.05) is 6.92 Å². The molecule has 0 fully saturated rings. The molecule has 0 spiro atoms. The Morgan fingerprint density at radius 1 is 1.22 bits per heavy atom. The van der Waals surface area contributed by atoms with Crippen LogP contribution in [0.2, 0.25) is 0 Å². The molecule has 1 aromatic rings. The van der Waals surface area contributed by atoms with E-state index in [4.69, 9.17) is 0 Å². The third-order valence-corrected chi connectivity index (χ3v) is 3.45. The van der Waals surface area contributed by atoms with Crippen molar-refractivity contribution in [2.75, 3.05) is 0 Å². The highest BCUT2D eigenvalue weighted by molar-refractivity contribution is 5.81. The molecule has 1 atom stereocenters. The SMILES string of the molecule is CC(CC(=O)Cc1c(F)cccc1F)C(C)(C)C. The molecule has 0 radical (unpaired) electrons. The average Bonchev–Trinajstić information content (AvgIpc) is 2.22. The van der Waals surface area contributed by atoms with Crippen LogP contribution in [-0.2, 0) is 11.2 Å². The van der Waals surface area contributed by atoms with Crippen LogP contribution in [0, 0.1) is 23.0 Å². The second kappa shape index (κ2) is 5.59. The highest BCUT2D eigenvalue weighted by Crippen LogP contribution is 2.28. The topological polar surface area (TPSA) is 17.1 Å². The van der Waals surface area contributed by atoms with Crippen molar-refractivity contribution in [3.63, 3.8) is 0 Å². The fraction of sp³-hybridized carbons (Fsp3) is 0.533. The lowest BCUT2D eigenvalue weighted by atomic mass is 9.79. The van der Waals surface area contributed by atoms with Gasteiger partial charge in [-0.2, -0.15) is 0 Å². The zero-order valence-corrected chi connectivity index (χ0v) is 11.4. The fourth-order valence-electron chi connectivity index (χ4n) is 1.62. The molecule has 0 bridgehead atoms. The Balaban J connectivity index is 2.72. The van der Waals surface area contributed by atoms with E-state index in [1.165, 1.54) is 18.2 Å². The molecule has 0 saturated heterocycles. The van der Waals surface area contributed by atoms with Gasteiger partial charge in [0.1, 0.15) is 17.4 Å². The molecular formula is C15H20F2O. The van der Waals surface area contributed by atoms with Gasteiger partial charge in [0, 0.05) is 18.4 Å². The van der Waals surface area contributed by atoms with Crippen molar-refractivity contribution in [1.29, 1.82) is 0 Å². The van der Waals surface area contributed by atoms with Crippen molar-refractivity contribution in [2.45, 2.75) is 40.5 Å². The second-order valence-corrected chi connectivity index (χ2v) is 5.89. The van der Waals surface area contributed by atoms with Gasteiger partial charge in [0.15, 0.2) is 0 Å². The van der Waals surface area contributed by atoms with E-state index in [0.717, 1.165) is 0 Å². The summed E-state index contributed by atoms with van der Waals surface area (Å²) >= 11 is 0. The summed E-state index contributed by atoms with van der Waals surface area (Å²) in [6.45, 7) is 8.13. The van der Waals surface area contributed by atoms with Gasteiger partial charge in [-0.1, -0.05) is 33.8 Å². The van der Waals surface area contributed by atoms with Gasteiger partial charge in [0.25, 0.3) is 0 Å². The molecule has 1 nitrogen and oxygen atoms in total. The van der Waals surface area contributed by atoms with Crippen LogP contribution in [0.3, 0.4) is 0 Å². The number of halogens is 2. The first kappa shape index (κ1) is 14.8. The van der Waals surface area contributed by atoms with Crippen molar-refractivity contribution in [3.05, 3.63) is 35.4 Å². The summed E-state index contributed by atoms with van der Waals surface area (Å²) in [6, 6.07) is 3.66. The zero-order chi connectivity index (χ0) is 13.9. The van der Waals surface area contributed by atoms with Crippen LogP contribution >= 0.6 is 0 Å². The lowest BCUT2D eigenvalue weighted by Crippen LogP contribution is -2.21. The molecule has 0 aliphatic rings. The smallest absolute Gasteiger partial charge is 0.137 e. The maximum absolute atomic E-state index is 13.4. The first-order valence-corrected chi connectivity index (χ1v) is 6.16. The summed E-state index contributed by atoms with van der Waals surface area (Å²) in [7, 11) is 0. The first-order chi connectivity index (χ1) is 8.21. The Morgan fingerprint density at radius 3 is 2.17 bits per heavy atom. The van der Waals surface area contributed by atoms with Crippen LogP contribution in [0.1, 0.15) is 39.7 Å². The molecule has 18 heavy (non-hydrogen) atoms. The molecule has 0 heterocycles. The van der Waals surface area contributed by atoms with Crippen molar-refractivity contribution in [2.24, 2.45) is 11.3 Å². The quantitative estimate of drug-likeness (QED) is 0.789. The second-order valence-electron chi connectivity index (χ2n) is 5.89. The standard InChI is InChI=1S/C15H20F2O/c1-10(15(2,3)4)8-11(18)9-12-13(16)6-5-7-14(12)17/h5-7,10H,8-9H2,1-4H3. The van der Waals surface area contributed by atoms with Gasteiger partial charge in [-0.05, 0) is 23.5 Å². The highest BCUT2D eigenvalue weighted by atomic mass is 19.1. The maximum atomic E-state index is 13.4. The Labute approximate surface area is 107 Å². The summed E-state index contributed by atoms with van der Waals surface area (Å²) in [4.78, 5) is 11.8. The molecule has 0 saturated carbocycles. The van der Waals surface area contributed by atoms with Crippen molar-refractivity contribution >= 4 is 5.78 Å². The molecule has 3 heteroatoms. The summed E-state index contributed by atoms with van der Waals surface area (Å²) in [5, 5.41) is 0. The maximum Gasteiger partial charge on any atom is 0.137 e. The molecule has 0 aliphatic carbocycles. The molecule has 1 aromatic carbocycles. The van der Waals surface area contributed by atoms with E-state index in [0.29, 0.717) is 6.42 Å². The highest BCUT2D eigenvalue weighted by Gasteiger charge is 2.23. The Bertz CT molecular complexity index is 412. The lowest BCUT2D eigenvalue weighted by Gasteiger charge is -2.26. The minimum absolute atomic E-state index is 0.0173. The molecular weight excluding hydrogens is 234 g/mol. The Kier molecular flexibility index (Phi) is 4.60. The monoisotopic (exact) mass is 254 g/mol. The van der Waals surface area contributed by atoms with Gasteiger partial charge in [0.05, 0.1) is 0 Å². The summed E-state index contributed by atoms with van der Waals surface area (Å²) in [6.07, 6.45) is 0.177. The number of carbonyl (C=O) groups excluding carboxylic acids is 1. The lowest BCUT2D eigenvalue weighted by molar-refractivity contribution is -0.120. The molecule has 0 aliphatic heterocycles. The van der Waals surface area contributed by atoms with E-state index >= 15 is 0 Å². The molecule has 0 amide bonds. The first-order valence-electron chi connectivity index (χ1n) is 6.16. The fourth-order valence-corrected chi connectivity index (χ4v) is 1.62. The predicted octanol–water partition coefficient (Wildman–Crippen LogP) is 4.15. The summed E-state index contributed by atoms with van der Waals surface area (Å²) < 4.78 is 26.8. The van der Waals surface area contributed by atoms with Gasteiger partial charge in [-0.15, -0.1) is 0 Å². The van der Waals surface area contributed by atoms with E-state index in [2.05, 4.69) is 20.8 Å². The predicted molar refractivity (Wildman–Crippen MR) is 68.3 cm³/mol. The van der Waals surface area contributed by atoms with Crippen LogP contribution in [0.5, 0.6) is 0 Å². The Morgan fingerprint density at radius 2 is 1.72 bits per heavy atom. The largest absolute Gasteiger partial charge is 0.299 e. The van der Waals surface area contributed by atoms with Crippen LogP contribution in [0.4, 0.5) is 8.78 Å². The molecule has 100 valence electrons. The number of benzene rings is 1. The number of hydrogen-bond acceptors (Lipinski definition) is 1. The summed E-state index contributed by atoms with van der Waals surface area (Å²) in [5.41, 5.74) is -0.104. The number of rotatable bonds is 4. The third kappa shape index (κ3) is 3.90. The molecule has 0 N–H and O–H groups in total. The van der Waals surface area contributed by atoms with Gasteiger partial charge >= 0.3 is 0 Å². The van der Waals surface area contributed by atoms with Gasteiger partial charge in [-0.25, -0.2) is 8.78 Å². The Hall–Kier alpha value is -1.25. The minimum Gasteiger partial charge on any atom is -0.299 e. The molecule has 0 aromatic heterocycles. The van der Waals surface area contributed by atoms with Crippen LogP contribution in [0.25, 0.3) is 0 Å². The third-order valence-electron chi connectivity index (χ3n) is 3.45. The summed E-state index contributed by atoms with van der Waals surface area (Å²) in [5.74, 6) is -1.24.